The zero-order valence-electron chi connectivity index (χ0n) is 10.0. The molecule has 0 atom stereocenters. The predicted octanol–water partition coefficient (Wildman–Crippen LogP) is 1.90. The first kappa shape index (κ1) is 12.8. The third-order valence-electron chi connectivity index (χ3n) is 2.58. The molecule has 0 saturated carbocycles. The molecule has 3 nitrogen and oxygen atoms in total. The average Bonchev–Trinajstić information content (AvgIpc) is 2.31. The molecule has 0 saturated heterocycles. The number of hydrogen-bond acceptors (Lipinski definition) is 2. The van der Waals surface area contributed by atoms with Crippen LogP contribution in [0.5, 0.6) is 0 Å². The molecule has 0 bridgehead atoms. The Morgan fingerprint density at radius 1 is 1.35 bits per heavy atom. The van der Waals surface area contributed by atoms with E-state index in [0.717, 1.165) is 11.1 Å². The summed E-state index contributed by atoms with van der Waals surface area (Å²) in [5, 5.41) is 8.65. The molecule has 3 heteroatoms. The lowest BCUT2D eigenvalue weighted by atomic mass is 10.1. The van der Waals surface area contributed by atoms with E-state index < -0.39 is 0 Å². The summed E-state index contributed by atoms with van der Waals surface area (Å²) in [6.07, 6.45) is 5.18. The molecule has 1 amide bonds. The molecule has 1 rings (SSSR count). The lowest BCUT2D eigenvalue weighted by Gasteiger charge is -2.17. The Balaban J connectivity index is 2.98. The van der Waals surface area contributed by atoms with Crippen LogP contribution in [0.1, 0.15) is 21.5 Å². The molecule has 0 aromatic heterocycles. The van der Waals surface area contributed by atoms with E-state index in [1.165, 1.54) is 4.90 Å². The van der Waals surface area contributed by atoms with Crippen LogP contribution in [-0.4, -0.2) is 23.9 Å². The number of aryl methyl sites for hydroxylation is 2. The standard InChI is InChI=1S/C14H14N2O/c1-4-8-16(9-7-15)14(17)13-6-5-11(2)12(3)10-13/h1,5-6,10H,8-9H2,2-3H3. The molecular weight excluding hydrogens is 212 g/mol. The third kappa shape index (κ3) is 3.09. The summed E-state index contributed by atoms with van der Waals surface area (Å²) in [5.74, 6) is 2.18. The Bertz CT molecular complexity index is 490. The van der Waals surface area contributed by atoms with Crippen LogP contribution in [0.4, 0.5) is 0 Å². The van der Waals surface area contributed by atoms with Gasteiger partial charge in [-0.1, -0.05) is 12.0 Å². The maximum absolute atomic E-state index is 12.1. The van der Waals surface area contributed by atoms with E-state index in [4.69, 9.17) is 11.7 Å². The lowest BCUT2D eigenvalue weighted by Crippen LogP contribution is -2.31. The summed E-state index contributed by atoms with van der Waals surface area (Å²) in [6.45, 7) is 4.09. The molecule has 0 aliphatic heterocycles. The van der Waals surface area contributed by atoms with Gasteiger partial charge in [0.1, 0.15) is 6.54 Å². The van der Waals surface area contributed by atoms with Crippen molar-refractivity contribution in [3.8, 4) is 18.4 Å². The molecule has 1 aromatic rings. The van der Waals surface area contributed by atoms with Crippen molar-refractivity contribution in [2.24, 2.45) is 0 Å². The number of nitriles is 1. The van der Waals surface area contributed by atoms with Gasteiger partial charge in [0.15, 0.2) is 0 Å². The van der Waals surface area contributed by atoms with Crippen molar-refractivity contribution in [1.29, 1.82) is 5.26 Å². The van der Waals surface area contributed by atoms with Gasteiger partial charge in [-0.2, -0.15) is 5.26 Å². The summed E-state index contributed by atoms with van der Waals surface area (Å²) in [4.78, 5) is 13.4. The first-order valence-electron chi connectivity index (χ1n) is 5.27. The van der Waals surface area contributed by atoms with E-state index in [0.29, 0.717) is 5.56 Å². The maximum Gasteiger partial charge on any atom is 0.255 e. The van der Waals surface area contributed by atoms with Crippen molar-refractivity contribution in [3.63, 3.8) is 0 Å². The first-order valence-corrected chi connectivity index (χ1v) is 5.27. The van der Waals surface area contributed by atoms with Crippen LogP contribution in [0.25, 0.3) is 0 Å². The third-order valence-corrected chi connectivity index (χ3v) is 2.58. The van der Waals surface area contributed by atoms with E-state index in [2.05, 4.69) is 5.92 Å². The van der Waals surface area contributed by atoms with Crippen molar-refractivity contribution < 1.29 is 4.79 Å². The minimum Gasteiger partial charge on any atom is -0.314 e. The summed E-state index contributed by atoms with van der Waals surface area (Å²) < 4.78 is 0. The summed E-state index contributed by atoms with van der Waals surface area (Å²) >= 11 is 0. The van der Waals surface area contributed by atoms with E-state index in [1.807, 2.05) is 32.0 Å². The topological polar surface area (TPSA) is 44.1 Å². The number of rotatable bonds is 3. The molecule has 0 heterocycles. The highest BCUT2D eigenvalue weighted by molar-refractivity contribution is 5.94. The van der Waals surface area contributed by atoms with Gasteiger partial charge in [0.25, 0.3) is 5.91 Å². The van der Waals surface area contributed by atoms with Gasteiger partial charge >= 0.3 is 0 Å². The number of carbonyl (C=O) groups is 1. The zero-order valence-corrected chi connectivity index (χ0v) is 10.0. The van der Waals surface area contributed by atoms with Crippen LogP contribution in [-0.2, 0) is 0 Å². The van der Waals surface area contributed by atoms with Crippen molar-refractivity contribution in [2.45, 2.75) is 13.8 Å². The van der Waals surface area contributed by atoms with Gasteiger partial charge in [-0.25, -0.2) is 0 Å². The molecule has 0 fully saturated rings. The Labute approximate surface area is 102 Å². The quantitative estimate of drug-likeness (QED) is 0.583. The smallest absolute Gasteiger partial charge is 0.255 e. The Hall–Kier alpha value is -2.26. The van der Waals surface area contributed by atoms with Crippen LogP contribution in [0.2, 0.25) is 0 Å². The Morgan fingerprint density at radius 3 is 2.59 bits per heavy atom. The summed E-state index contributed by atoms with van der Waals surface area (Å²) in [5.41, 5.74) is 2.75. The highest BCUT2D eigenvalue weighted by atomic mass is 16.2. The molecule has 0 unspecified atom stereocenters. The molecular formula is C14H14N2O. The second kappa shape index (κ2) is 5.72. The fourth-order valence-corrected chi connectivity index (χ4v) is 1.45. The van der Waals surface area contributed by atoms with Gasteiger partial charge in [0.2, 0.25) is 0 Å². The van der Waals surface area contributed by atoms with Crippen LogP contribution in [0.15, 0.2) is 18.2 Å². The molecule has 0 radical (unpaired) electrons. The number of carbonyl (C=O) groups excluding carboxylic acids is 1. The normalized spacial score (nSPS) is 9.18. The second-order valence-electron chi connectivity index (χ2n) is 3.82. The first-order chi connectivity index (χ1) is 8.10. The van der Waals surface area contributed by atoms with Gasteiger partial charge in [0.05, 0.1) is 12.6 Å². The Kier molecular flexibility index (Phi) is 4.31. The predicted molar refractivity (Wildman–Crippen MR) is 66.3 cm³/mol. The van der Waals surface area contributed by atoms with Crippen molar-refractivity contribution >= 4 is 5.91 Å². The largest absolute Gasteiger partial charge is 0.314 e. The van der Waals surface area contributed by atoms with Crippen molar-refractivity contribution in [3.05, 3.63) is 34.9 Å². The minimum atomic E-state index is -0.201. The van der Waals surface area contributed by atoms with Crippen LogP contribution >= 0.6 is 0 Å². The molecule has 1 aromatic carbocycles. The highest BCUT2D eigenvalue weighted by Gasteiger charge is 2.14. The minimum absolute atomic E-state index is 0.00988. The zero-order chi connectivity index (χ0) is 12.8. The number of benzene rings is 1. The van der Waals surface area contributed by atoms with Gasteiger partial charge in [-0.3, -0.25) is 4.79 Å². The monoisotopic (exact) mass is 226 g/mol. The maximum atomic E-state index is 12.1. The molecule has 0 aliphatic rings. The average molecular weight is 226 g/mol. The van der Waals surface area contributed by atoms with Gasteiger partial charge < -0.3 is 4.90 Å². The van der Waals surface area contributed by atoms with Gasteiger partial charge in [0, 0.05) is 5.56 Å². The lowest BCUT2D eigenvalue weighted by molar-refractivity contribution is 0.0795. The van der Waals surface area contributed by atoms with Crippen LogP contribution in [0, 0.1) is 37.5 Å². The second-order valence-corrected chi connectivity index (χ2v) is 3.82. The molecule has 0 N–H and O–H groups in total. The summed E-state index contributed by atoms with van der Waals surface area (Å²) in [6, 6.07) is 7.40. The molecule has 0 spiro atoms. The number of nitrogens with zero attached hydrogens (tertiary/aromatic N) is 2. The SMILES string of the molecule is C#CCN(CC#N)C(=O)c1ccc(C)c(C)c1. The number of amides is 1. The van der Waals surface area contributed by atoms with Crippen LogP contribution in [0.3, 0.4) is 0 Å². The molecule has 86 valence electrons. The van der Waals surface area contributed by atoms with Crippen LogP contribution < -0.4 is 0 Å². The summed E-state index contributed by atoms with van der Waals surface area (Å²) in [7, 11) is 0. The molecule has 0 aliphatic carbocycles. The van der Waals surface area contributed by atoms with Crippen molar-refractivity contribution in [2.75, 3.05) is 13.1 Å². The highest BCUT2D eigenvalue weighted by Crippen LogP contribution is 2.11. The Morgan fingerprint density at radius 2 is 2.06 bits per heavy atom. The number of terminal acetylenes is 1. The van der Waals surface area contributed by atoms with E-state index in [1.54, 1.807) is 6.07 Å². The van der Waals surface area contributed by atoms with E-state index in [-0.39, 0.29) is 19.0 Å². The van der Waals surface area contributed by atoms with Gasteiger partial charge in [-0.05, 0) is 37.1 Å². The van der Waals surface area contributed by atoms with E-state index >= 15 is 0 Å². The van der Waals surface area contributed by atoms with Crippen molar-refractivity contribution in [1.82, 2.24) is 4.90 Å². The molecule has 17 heavy (non-hydrogen) atoms. The number of hydrogen-bond donors (Lipinski definition) is 0. The fourth-order valence-electron chi connectivity index (χ4n) is 1.45. The van der Waals surface area contributed by atoms with Gasteiger partial charge in [-0.15, -0.1) is 6.42 Å². The fraction of sp³-hybridized carbons (Fsp3) is 0.286. The van der Waals surface area contributed by atoms with E-state index in [9.17, 15) is 4.79 Å².